The Morgan fingerprint density at radius 2 is 1.96 bits per heavy atom. The number of β-amino-alcohol motifs (C(OH)–C–C–N with tert-alkyl or cyclic N) is 1. The monoisotopic (exact) mass is 338 g/mol. The van der Waals surface area contributed by atoms with Crippen molar-refractivity contribution < 1.29 is 9.84 Å². The van der Waals surface area contributed by atoms with E-state index < -0.39 is 0 Å². The molecule has 1 N–H and O–H groups in total. The second kappa shape index (κ2) is 8.45. The summed E-state index contributed by atoms with van der Waals surface area (Å²) in [5.74, 6) is 0. The van der Waals surface area contributed by atoms with Crippen LogP contribution in [-0.4, -0.2) is 73.0 Å². The zero-order chi connectivity index (χ0) is 16.1. The summed E-state index contributed by atoms with van der Waals surface area (Å²) in [5, 5.41) is 11.3. The molecule has 1 aromatic rings. The first-order valence-electron chi connectivity index (χ1n) is 8.68. The fourth-order valence-electron chi connectivity index (χ4n) is 3.69. The molecule has 2 fully saturated rings. The van der Waals surface area contributed by atoms with Crippen LogP contribution < -0.4 is 0 Å². The summed E-state index contributed by atoms with van der Waals surface area (Å²) in [6.45, 7) is 6.01. The van der Waals surface area contributed by atoms with E-state index in [1.54, 1.807) is 0 Å². The zero-order valence-corrected chi connectivity index (χ0v) is 14.4. The van der Waals surface area contributed by atoms with Crippen molar-refractivity contribution in [2.24, 2.45) is 0 Å². The number of likely N-dealkylation sites (tertiary alicyclic amines) is 1. The average Bonchev–Trinajstić information content (AvgIpc) is 2.97. The maximum absolute atomic E-state index is 10.5. The van der Waals surface area contributed by atoms with Gasteiger partial charge in [0.15, 0.2) is 0 Å². The van der Waals surface area contributed by atoms with Gasteiger partial charge < -0.3 is 9.84 Å². The lowest BCUT2D eigenvalue weighted by molar-refractivity contribution is 0.00593. The molecule has 0 aromatic heterocycles. The minimum Gasteiger partial charge on any atom is -0.390 e. The highest BCUT2D eigenvalue weighted by atomic mass is 35.5. The summed E-state index contributed by atoms with van der Waals surface area (Å²) >= 11 is 6.30. The number of hydrogen-bond donors (Lipinski definition) is 1. The normalized spacial score (nSPS) is 24.9. The number of nitrogens with zero attached hydrogens (tertiary/aromatic N) is 2. The molecule has 2 aliphatic rings. The number of rotatable bonds is 6. The van der Waals surface area contributed by atoms with E-state index in [0.29, 0.717) is 6.04 Å². The molecule has 5 heteroatoms. The second-order valence-electron chi connectivity index (χ2n) is 6.65. The van der Waals surface area contributed by atoms with Gasteiger partial charge in [-0.25, -0.2) is 0 Å². The highest BCUT2D eigenvalue weighted by molar-refractivity contribution is 6.31. The van der Waals surface area contributed by atoms with Crippen molar-refractivity contribution >= 4 is 11.6 Å². The Kier molecular flexibility index (Phi) is 6.31. The maximum Gasteiger partial charge on any atom is 0.0793 e. The zero-order valence-electron chi connectivity index (χ0n) is 13.7. The fourth-order valence-corrected chi connectivity index (χ4v) is 3.91. The van der Waals surface area contributed by atoms with Gasteiger partial charge in [0, 0.05) is 37.2 Å². The molecule has 23 heavy (non-hydrogen) atoms. The van der Waals surface area contributed by atoms with Crippen molar-refractivity contribution in [3.05, 3.63) is 34.9 Å². The molecule has 2 saturated heterocycles. The topological polar surface area (TPSA) is 35.9 Å². The van der Waals surface area contributed by atoms with Crippen LogP contribution in [0.15, 0.2) is 24.3 Å². The largest absolute Gasteiger partial charge is 0.390 e. The van der Waals surface area contributed by atoms with Crippen molar-refractivity contribution in [1.82, 2.24) is 9.80 Å². The van der Waals surface area contributed by atoms with Gasteiger partial charge in [0.25, 0.3) is 0 Å². The average molecular weight is 339 g/mol. The van der Waals surface area contributed by atoms with Crippen molar-refractivity contribution in [1.29, 1.82) is 0 Å². The van der Waals surface area contributed by atoms with Crippen molar-refractivity contribution in [2.45, 2.75) is 31.4 Å². The van der Waals surface area contributed by atoms with E-state index in [-0.39, 0.29) is 6.10 Å². The Balaban J connectivity index is 1.51. The second-order valence-corrected chi connectivity index (χ2v) is 7.06. The standard InChI is InChI=1S/C18H27ClN2O2/c19-18-6-2-1-4-15(18)12-16-5-3-7-21(16)14-17(22)13-20-8-10-23-11-9-20/h1-2,4,6,16-17,22H,3,5,7-14H2. The lowest BCUT2D eigenvalue weighted by atomic mass is 10.0. The van der Waals surface area contributed by atoms with E-state index in [1.165, 1.54) is 18.4 Å². The Morgan fingerprint density at radius 3 is 2.74 bits per heavy atom. The van der Waals surface area contributed by atoms with Crippen LogP contribution in [0.25, 0.3) is 0 Å². The molecule has 2 unspecified atom stereocenters. The maximum atomic E-state index is 10.5. The number of halogens is 1. The van der Waals surface area contributed by atoms with Gasteiger partial charge in [0.2, 0.25) is 0 Å². The van der Waals surface area contributed by atoms with E-state index in [9.17, 15) is 5.11 Å². The Hall–Kier alpha value is -0.650. The summed E-state index contributed by atoms with van der Waals surface area (Å²) in [4.78, 5) is 4.74. The number of ether oxygens (including phenoxy) is 1. The van der Waals surface area contributed by atoms with Gasteiger partial charge in [-0.2, -0.15) is 0 Å². The molecule has 0 bridgehead atoms. The highest BCUT2D eigenvalue weighted by Crippen LogP contribution is 2.25. The molecule has 3 rings (SSSR count). The lowest BCUT2D eigenvalue weighted by Gasteiger charge is -2.32. The van der Waals surface area contributed by atoms with Crippen LogP contribution in [-0.2, 0) is 11.2 Å². The molecule has 1 aromatic carbocycles. The fraction of sp³-hybridized carbons (Fsp3) is 0.667. The summed E-state index contributed by atoms with van der Waals surface area (Å²) < 4.78 is 5.36. The first-order valence-corrected chi connectivity index (χ1v) is 9.06. The number of morpholine rings is 1. The Bertz CT molecular complexity index is 494. The smallest absolute Gasteiger partial charge is 0.0793 e. The summed E-state index contributed by atoms with van der Waals surface area (Å²) in [6, 6.07) is 8.60. The molecule has 2 aliphatic heterocycles. The van der Waals surface area contributed by atoms with Crippen molar-refractivity contribution in [3.8, 4) is 0 Å². The first-order chi connectivity index (χ1) is 11.2. The van der Waals surface area contributed by atoms with E-state index in [4.69, 9.17) is 16.3 Å². The third kappa shape index (κ3) is 4.91. The molecule has 2 heterocycles. The van der Waals surface area contributed by atoms with Gasteiger partial charge in [-0.3, -0.25) is 9.80 Å². The molecule has 0 amide bonds. The van der Waals surface area contributed by atoms with Crippen LogP contribution in [0.2, 0.25) is 5.02 Å². The lowest BCUT2D eigenvalue weighted by Crippen LogP contribution is -2.45. The van der Waals surface area contributed by atoms with E-state index in [2.05, 4.69) is 15.9 Å². The summed E-state index contributed by atoms with van der Waals surface area (Å²) in [5.41, 5.74) is 1.22. The van der Waals surface area contributed by atoms with Gasteiger partial charge in [0.05, 0.1) is 19.3 Å². The number of hydrogen-bond acceptors (Lipinski definition) is 4. The molecule has 0 aliphatic carbocycles. The van der Waals surface area contributed by atoms with Crippen LogP contribution in [0, 0.1) is 0 Å². The Morgan fingerprint density at radius 1 is 1.17 bits per heavy atom. The number of aliphatic hydroxyl groups excluding tert-OH is 1. The van der Waals surface area contributed by atoms with E-state index >= 15 is 0 Å². The van der Waals surface area contributed by atoms with Gasteiger partial charge in [-0.1, -0.05) is 29.8 Å². The van der Waals surface area contributed by atoms with E-state index in [1.807, 2.05) is 18.2 Å². The molecular weight excluding hydrogens is 312 g/mol. The SMILES string of the molecule is OC(CN1CCOCC1)CN1CCCC1Cc1ccccc1Cl. The predicted molar refractivity (Wildman–Crippen MR) is 93.0 cm³/mol. The van der Waals surface area contributed by atoms with Crippen LogP contribution in [0.4, 0.5) is 0 Å². The van der Waals surface area contributed by atoms with Gasteiger partial charge >= 0.3 is 0 Å². The molecule has 0 spiro atoms. The molecule has 128 valence electrons. The Labute approximate surface area is 144 Å². The third-order valence-corrected chi connectivity index (χ3v) is 5.30. The molecular formula is C18H27ClN2O2. The van der Waals surface area contributed by atoms with Crippen LogP contribution >= 0.6 is 11.6 Å². The van der Waals surface area contributed by atoms with Gasteiger partial charge in [-0.05, 0) is 37.4 Å². The van der Waals surface area contributed by atoms with Crippen LogP contribution in [0.5, 0.6) is 0 Å². The number of aliphatic hydroxyl groups is 1. The highest BCUT2D eigenvalue weighted by Gasteiger charge is 2.27. The molecule has 0 radical (unpaired) electrons. The van der Waals surface area contributed by atoms with Crippen LogP contribution in [0.3, 0.4) is 0 Å². The van der Waals surface area contributed by atoms with Crippen molar-refractivity contribution in [2.75, 3.05) is 45.9 Å². The number of benzene rings is 1. The van der Waals surface area contributed by atoms with Gasteiger partial charge in [0.1, 0.15) is 0 Å². The minimum absolute atomic E-state index is 0.292. The van der Waals surface area contributed by atoms with E-state index in [0.717, 1.165) is 57.4 Å². The molecule has 2 atom stereocenters. The van der Waals surface area contributed by atoms with Crippen molar-refractivity contribution in [3.63, 3.8) is 0 Å². The van der Waals surface area contributed by atoms with Gasteiger partial charge in [-0.15, -0.1) is 0 Å². The summed E-state index contributed by atoms with van der Waals surface area (Å²) in [6.07, 6.45) is 3.08. The third-order valence-electron chi connectivity index (χ3n) is 4.93. The molecule has 4 nitrogen and oxygen atoms in total. The first kappa shape index (κ1) is 17.2. The molecule has 0 saturated carbocycles. The summed E-state index contributed by atoms with van der Waals surface area (Å²) in [7, 11) is 0. The predicted octanol–water partition coefficient (Wildman–Crippen LogP) is 2.04. The minimum atomic E-state index is -0.292. The quantitative estimate of drug-likeness (QED) is 0.861. The van der Waals surface area contributed by atoms with Crippen LogP contribution in [0.1, 0.15) is 18.4 Å².